The van der Waals surface area contributed by atoms with E-state index in [1.165, 1.54) is 11.3 Å². The second kappa shape index (κ2) is 6.83. The van der Waals surface area contributed by atoms with Gasteiger partial charge in [0.05, 0.1) is 17.6 Å². The third-order valence-corrected chi connectivity index (χ3v) is 8.66. The van der Waals surface area contributed by atoms with E-state index in [0.717, 1.165) is 52.0 Å². The van der Waals surface area contributed by atoms with Crippen molar-refractivity contribution < 1.29 is 14.3 Å². The zero-order chi connectivity index (χ0) is 20.5. The number of anilines is 1. The first kappa shape index (κ1) is 18.9. The molecule has 3 heterocycles. The molecule has 3 aliphatic heterocycles. The van der Waals surface area contributed by atoms with Gasteiger partial charge in [-0.05, 0) is 44.2 Å². The van der Waals surface area contributed by atoms with Gasteiger partial charge in [-0.3, -0.25) is 9.69 Å². The van der Waals surface area contributed by atoms with E-state index in [4.69, 9.17) is 9.47 Å². The molecule has 1 aromatic carbocycles. The number of piperazine rings is 1. The number of ether oxygens (including phenoxy) is 2. The molecule has 0 aromatic heterocycles. The van der Waals surface area contributed by atoms with Gasteiger partial charge >= 0.3 is 5.97 Å². The molecule has 6 rings (SSSR count). The number of allylic oxidation sites excluding steroid dienone is 1. The molecule has 2 saturated carbocycles. The molecule has 1 aromatic rings. The highest BCUT2D eigenvalue weighted by Gasteiger charge is 2.71. The summed E-state index contributed by atoms with van der Waals surface area (Å²) in [7, 11) is 0. The molecule has 5 fully saturated rings. The summed E-state index contributed by atoms with van der Waals surface area (Å²) in [6.45, 7) is 11.5. The molecule has 0 radical (unpaired) electrons. The quantitative estimate of drug-likeness (QED) is 0.437. The maximum atomic E-state index is 13.0. The smallest absolute Gasteiger partial charge is 0.310 e. The predicted octanol–water partition coefficient (Wildman–Crippen LogP) is 3.11. The molecule has 5 nitrogen and oxygen atoms in total. The number of fused-ring (bicyclic) bond motifs is 5. The zero-order valence-electron chi connectivity index (χ0n) is 17.8. The minimum Gasteiger partial charge on any atom is -0.461 e. The molecular formula is C25H32N2O3. The molecule has 2 aliphatic carbocycles. The number of carbonyl (C=O) groups excluding carboxylic acids is 1. The van der Waals surface area contributed by atoms with Crippen molar-refractivity contribution in [3.05, 3.63) is 42.5 Å². The van der Waals surface area contributed by atoms with Crippen molar-refractivity contribution in [2.75, 3.05) is 37.6 Å². The van der Waals surface area contributed by atoms with Crippen LogP contribution in [0.5, 0.6) is 0 Å². The van der Waals surface area contributed by atoms with Gasteiger partial charge in [0.1, 0.15) is 6.10 Å². The van der Waals surface area contributed by atoms with Crippen LogP contribution in [0.4, 0.5) is 5.69 Å². The normalized spacial score (nSPS) is 42.9. The topological polar surface area (TPSA) is 45.3 Å². The van der Waals surface area contributed by atoms with Gasteiger partial charge in [0.25, 0.3) is 0 Å². The Bertz CT molecular complexity index is 849. The average molecular weight is 409 g/mol. The summed E-state index contributed by atoms with van der Waals surface area (Å²) in [5.74, 6) is 1.08. The van der Waals surface area contributed by atoms with Crippen LogP contribution in [0.2, 0.25) is 0 Å². The Morgan fingerprint density at radius 3 is 2.70 bits per heavy atom. The fourth-order valence-corrected chi connectivity index (χ4v) is 6.87. The largest absolute Gasteiger partial charge is 0.461 e. The Labute approximate surface area is 179 Å². The van der Waals surface area contributed by atoms with E-state index in [1.54, 1.807) is 0 Å². The number of hydrogen-bond donors (Lipinski definition) is 0. The van der Waals surface area contributed by atoms with Gasteiger partial charge in [0.15, 0.2) is 0 Å². The third-order valence-electron chi connectivity index (χ3n) is 8.66. The maximum absolute atomic E-state index is 13.0. The maximum Gasteiger partial charge on any atom is 0.310 e. The van der Waals surface area contributed by atoms with Crippen LogP contribution in [0.15, 0.2) is 42.5 Å². The Hall–Kier alpha value is -1.85. The molecule has 30 heavy (non-hydrogen) atoms. The van der Waals surface area contributed by atoms with Crippen LogP contribution in [0.25, 0.3) is 0 Å². The van der Waals surface area contributed by atoms with Crippen LogP contribution in [-0.4, -0.2) is 61.4 Å². The Kier molecular flexibility index (Phi) is 4.30. The third kappa shape index (κ3) is 2.85. The lowest BCUT2D eigenvalue weighted by atomic mass is 9.77. The summed E-state index contributed by atoms with van der Waals surface area (Å²) in [5, 5.41) is 0. The number of benzene rings is 1. The number of carbonyl (C=O) groups is 1. The summed E-state index contributed by atoms with van der Waals surface area (Å²) in [6, 6.07) is 10.6. The van der Waals surface area contributed by atoms with E-state index < -0.39 is 0 Å². The van der Waals surface area contributed by atoms with Gasteiger partial charge in [-0.2, -0.15) is 0 Å². The van der Waals surface area contributed by atoms with E-state index in [0.29, 0.717) is 23.9 Å². The molecule has 3 saturated heterocycles. The SMILES string of the molecule is C=C1CC[C@@H]2[C@H](OC(=O)[C@H]2CN2CCN(c3ccccc3)CC2)[C@@H]2[C@H]1C[C@@H]1O[C@@]21C. The molecule has 0 N–H and O–H groups in total. The van der Waals surface area contributed by atoms with E-state index >= 15 is 0 Å². The molecule has 0 amide bonds. The fraction of sp³-hybridized carbons (Fsp3) is 0.640. The van der Waals surface area contributed by atoms with Crippen LogP contribution < -0.4 is 4.90 Å². The van der Waals surface area contributed by atoms with Crippen molar-refractivity contribution in [3.63, 3.8) is 0 Å². The van der Waals surface area contributed by atoms with Crippen molar-refractivity contribution in [2.24, 2.45) is 23.7 Å². The predicted molar refractivity (Wildman–Crippen MR) is 115 cm³/mol. The van der Waals surface area contributed by atoms with Gasteiger partial charge in [0, 0.05) is 50.2 Å². The summed E-state index contributed by atoms with van der Waals surface area (Å²) in [5.41, 5.74) is 2.55. The van der Waals surface area contributed by atoms with Crippen LogP contribution in [0, 0.1) is 23.7 Å². The van der Waals surface area contributed by atoms with Crippen LogP contribution in [0.3, 0.4) is 0 Å². The number of nitrogens with zero attached hydrogens (tertiary/aromatic N) is 2. The Morgan fingerprint density at radius 2 is 1.93 bits per heavy atom. The monoisotopic (exact) mass is 408 g/mol. The molecule has 160 valence electrons. The van der Waals surface area contributed by atoms with E-state index in [1.807, 2.05) is 0 Å². The second-order valence-corrected chi connectivity index (χ2v) is 10.2. The number of para-hydroxylation sites is 1. The van der Waals surface area contributed by atoms with Gasteiger partial charge in [-0.1, -0.05) is 30.4 Å². The van der Waals surface area contributed by atoms with Crippen molar-refractivity contribution in [1.29, 1.82) is 0 Å². The van der Waals surface area contributed by atoms with Gasteiger partial charge < -0.3 is 14.4 Å². The number of rotatable bonds is 3. The highest BCUT2D eigenvalue weighted by molar-refractivity contribution is 5.76. The summed E-state index contributed by atoms with van der Waals surface area (Å²) < 4.78 is 12.2. The van der Waals surface area contributed by atoms with E-state index in [2.05, 4.69) is 53.6 Å². The fourth-order valence-electron chi connectivity index (χ4n) is 6.87. The lowest BCUT2D eigenvalue weighted by Gasteiger charge is -2.37. The second-order valence-electron chi connectivity index (χ2n) is 10.2. The Morgan fingerprint density at radius 1 is 1.17 bits per heavy atom. The lowest BCUT2D eigenvalue weighted by Crippen LogP contribution is -2.49. The molecule has 0 unspecified atom stereocenters. The molecule has 5 heteroatoms. The molecule has 5 aliphatic rings. The minimum atomic E-state index is -0.0999. The highest BCUT2D eigenvalue weighted by atomic mass is 16.6. The van der Waals surface area contributed by atoms with Crippen molar-refractivity contribution in [1.82, 2.24) is 4.90 Å². The standard InChI is InChI=1S/C25H32N2O3/c1-16-8-9-18-20(15-26-10-12-27(13-11-26)17-6-4-3-5-7-17)24(28)29-23(18)22-19(16)14-21-25(22,2)30-21/h3-7,18-23H,1,8-15H2,2H3/t18-,19-,20-,21-,22-,23-,25+/m0/s1. The number of epoxide rings is 1. The minimum absolute atomic E-state index is 0.00812. The average Bonchev–Trinajstić information content (AvgIpc) is 3.24. The van der Waals surface area contributed by atoms with Gasteiger partial charge in [0.2, 0.25) is 0 Å². The van der Waals surface area contributed by atoms with Gasteiger partial charge in [-0.25, -0.2) is 0 Å². The first-order chi connectivity index (χ1) is 14.5. The summed E-state index contributed by atoms with van der Waals surface area (Å²) in [6.07, 6.45) is 3.46. The lowest BCUT2D eigenvalue weighted by molar-refractivity contribution is -0.147. The van der Waals surface area contributed by atoms with E-state index in [9.17, 15) is 4.79 Å². The number of hydrogen-bond acceptors (Lipinski definition) is 5. The molecule has 0 bridgehead atoms. The molecule has 7 atom stereocenters. The van der Waals surface area contributed by atoms with Crippen LogP contribution in [-0.2, 0) is 14.3 Å². The molecular weight excluding hydrogens is 376 g/mol. The van der Waals surface area contributed by atoms with Crippen LogP contribution in [0.1, 0.15) is 26.2 Å². The summed E-state index contributed by atoms with van der Waals surface area (Å²) in [4.78, 5) is 17.9. The van der Waals surface area contributed by atoms with E-state index in [-0.39, 0.29) is 23.6 Å². The van der Waals surface area contributed by atoms with Crippen LogP contribution >= 0.6 is 0 Å². The number of esters is 1. The molecule has 0 spiro atoms. The first-order valence-corrected chi connectivity index (χ1v) is 11.6. The van der Waals surface area contributed by atoms with Crippen molar-refractivity contribution in [3.8, 4) is 0 Å². The van der Waals surface area contributed by atoms with Crippen molar-refractivity contribution >= 4 is 11.7 Å². The Balaban J connectivity index is 1.15. The summed E-state index contributed by atoms with van der Waals surface area (Å²) >= 11 is 0. The van der Waals surface area contributed by atoms with Gasteiger partial charge in [-0.15, -0.1) is 0 Å². The zero-order valence-corrected chi connectivity index (χ0v) is 17.8. The van der Waals surface area contributed by atoms with Crippen molar-refractivity contribution in [2.45, 2.75) is 44.0 Å². The highest BCUT2D eigenvalue weighted by Crippen LogP contribution is 2.63. The first-order valence-electron chi connectivity index (χ1n) is 11.6.